The number of hydrogen-bond donors (Lipinski definition) is 1. The van der Waals surface area contributed by atoms with Crippen molar-refractivity contribution in [3.63, 3.8) is 0 Å². The summed E-state index contributed by atoms with van der Waals surface area (Å²) in [5, 5.41) is 3.05. The standard InChI is InChI=1S/C32H37F2N3O2/c1-23-2-4-24(5-3-23)21-37-18-14-29(15-19-37)39-31-11-8-26(20-30(31)34)32(38)35-28-12-16-36(17-13-28)22-25-6-9-27(33)10-7-25/h2-11,20,28-29H,12-19,21-22H2,1H3,(H,35,38). The third kappa shape index (κ3) is 7.64. The van der Waals surface area contributed by atoms with Crippen LogP contribution in [0.3, 0.4) is 0 Å². The minimum atomic E-state index is -0.501. The maximum Gasteiger partial charge on any atom is 0.251 e. The molecule has 206 valence electrons. The molecule has 1 N–H and O–H groups in total. The van der Waals surface area contributed by atoms with Crippen molar-refractivity contribution >= 4 is 5.91 Å². The number of nitrogens with one attached hydrogen (secondary N) is 1. The molecular weight excluding hydrogens is 496 g/mol. The van der Waals surface area contributed by atoms with E-state index >= 15 is 0 Å². The van der Waals surface area contributed by atoms with E-state index in [1.807, 2.05) is 0 Å². The second-order valence-corrected chi connectivity index (χ2v) is 10.9. The first kappa shape index (κ1) is 27.3. The Morgan fingerprint density at radius 2 is 1.38 bits per heavy atom. The molecule has 0 bridgehead atoms. The van der Waals surface area contributed by atoms with Crippen molar-refractivity contribution in [2.24, 2.45) is 0 Å². The molecule has 1 amide bonds. The van der Waals surface area contributed by atoms with Crippen LogP contribution in [-0.2, 0) is 13.1 Å². The zero-order valence-corrected chi connectivity index (χ0v) is 22.5. The van der Waals surface area contributed by atoms with Gasteiger partial charge in [0.25, 0.3) is 5.91 Å². The third-order valence-corrected chi connectivity index (χ3v) is 7.79. The maximum absolute atomic E-state index is 14.9. The number of ether oxygens (including phenoxy) is 1. The molecule has 0 saturated carbocycles. The van der Waals surface area contributed by atoms with Crippen molar-refractivity contribution in [1.29, 1.82) is 0 Å². The highest BCUT2D eigenvalue weighted by molar-refractivity contribution is 5.94. The summed E-state index contributed by atoms with van der Waals surface area (Å²) in [6.45, 7) is 7.26. The highest BCUT2D eigenvalue weighted by Gasteiger charge is 2.24. The van der Waals surface area contributed by atoms with Crippen LogP contribution in [0.5, 0.6) is 5.75 Å². The summed E-state index contributed by atoms with van der Waals surface area (Å²) in [6, 6.07) is 19.7. The number of amides is 1. The van der Waals surface area contributed by atoms with Gasteiger partial charge < -0.3 is 10.1 Å². The van der Waals surface area contributed by atoms with Crippen LogP contribution < -0.4 is 10.1 Å². The van der Waals surface area contributed by atoms with Crippen molar-refractivity contribution in [2.75, 3.05) is 26.2 Å². The van der Waals surface area contributed by atoms with Gasteiger partial charge in [-0.2, -0.15) is 0 Å². The number of nitrogens with zero attached hydrogens (tertiary/aromatic N) is 2. The van der Waals surface area contributed by atoms with Gasteiger partial charge in [0.1, 0.15) is 11.9 Å². The number of rotatable bonds is 8. The van der Waals surface area contributed by atoms with Gasteiger partial charge in [-0.15, -0.1) is 0 Å². The lowest BCUT2D eigenvalue weighted by Gasteiger charge is -2.32. The molecule has 0 unspecified atom stereocenters. The number of hydrogen-bond acceptors (Lipinski definition) is 4. The van der Waals surface area contributed by atoms with Gasteiger partial charge >= 0.3 is 0 Å². The zero-order valence-electron chi connectivity index (χ0n) is 22.5. The lowest BCUT2D eigenvalue weighted by atomic mass is 10.0. The number of benzene rings is 3. The zero-order chi connectivity index (χ0) is 27.2. The van der Waals surface area contributed by atoms with E-state index in [4.69, 9.17) is 4.74 Å². The molecule has 2 heterocycles. The van der Waals surface area contributed by atoms with Gasteiger partial charge in [0.2, 0.25) is 0 Å². The summed E-state index contributed by atoms with van der Waals surface area (Å²) < 4.78 is 34.0. The Bertz CT molecular complexity index is 1230. The van der Waals surface area contributed by atoms with E-state index in [-0.39, 0.29) is 29.6 Å². The first-order valence-corrected chi connectivity index (χ1v) is 13.9. The predicted octanol–water partition coefficient (Wildman–Crippen LogP) is 5.71. The van der Waals surface area contributed by atoms with Gasteiger partial charge in [-0.05, 0) is 74.1 Å². The largest absolute Gasteiger partial charge is 0.487 e. The predicted molar refractivity (Wildman–Crippen MR) is 149 cm³/mol. The molecule has 0 aromatic heterocycles. The molecule has 7 heteroatoms. The monoisotopic (exact) mass is 533 g/mol. The fraction of sp³-hybridized carbons (Fsp3) is 0.406. The van der Waals surface area contributed by atoms with Crippen LogP contribution in [0.1, 0.15) is 52.7 Å². The number of aryl methyl sites for hydroxylation is 1. The van der Waals surface area contributed by atoms with Gasteiger partial charge in [0.05, 0.1) is 0 Å². The Morgan fingerprint density at radius 3 is 1.97 bits per heavy atom. The number of piperidine rings is 2. The smallest absolute Gasteiger partial charge is 0.251 e. The molecular formula is C32H37F2N3O2. The van der Waals surface area contributed by atoms with Crippen molar-refractivity contribution in [3.8, 4) is 5.75 Å². The molecule has 3 aromatic carbocycles. The lowest BCUT2D eigenvalue weighted by molar-refractivity contribution is 0.0904. The lowest BCUT2D eigenvalue weighted by Crippen LogP contribution is -2.44. The molecule has 0 atom stereocenters. The molecule has 5 rings (SSSR count). The molecule has 2 fully saturated rings. The molecule has 0 spiro atoms. The number of carbonyl (C=O) groups excluding carboxylic acids is 1. The van der Waals surface area contributed by atoms with Crippen LogP contribution in [0.2, 0.25) is 0 Å². The summed E-state index contributed by atoms with van der Waals surface area (Å²) >= 11 is 0. The molecule has 39 heavy (non-hydrogen) atoms. The molecule has 2 aliphatic heterocycles. The van der Waals surface area contributed by atoms with E-state index in [0.717, 1.165) is 70.5 Å². The molecule has 3 aromatic rings. The van der Waals surface area contributed by atoms with Crippen molar-refractivity contribution in [1.82, 2.24) is 15.1 Å². The van der Waals surface area contributed by atoms with Crippen LogP contribution in [0.4, 0.5) is 8.78 Å². The summed E-state index contributed by atoms with van der Waals surface area (Å²) in [5.74, 6) is -0.788. The van der Waals surface area contributed by atoms with E-state index in [1.165, 1.54) is 29.3 Å². The van der Waals surface area contributed by atoms with E-state index in [2.05, 4.69) is 46.3 Å². The van der Waals surface area contributed by atoms with Gasteiger partial charge in [-0.25, -0.2) is 8.78 Å². The minimum absolute atomic E-state index is 0.0338. The Balaban J connectivity index is 1.05. The van der Waals surface area contributed by atoms with Gasteiger partial charge in [0, 0.05) is 50.9 Å². The van der Waals surface area contributed by atoms with Crippen LogP contribution in [0.25, 0.3) is 0 Å². The van der Waals surface area contributed by atoms with Crippen LogP contribution in [-0.4, -0.2) is 54.0 Å². The number of likely N-dealkylation sites (tertiary alicyclic amines) is 2. The Labute approximate surface area is 229 Å². The first-order chi connectivity index (χ1) is 18.9. The Kier molecular flexibility index (Phi) is 8.89. The van der Waals surface area contributed by atoms with Crippen molar-refractivity contribution < 1.29 is 18.3 Å². The fourth-order valence-corrected chi connectivity index (χ4v) is 5.41. The van der Waals surface area contributed by atoms with Gasteiger partial charge in [-0.3, -0.25) is 14.6 Å². The highest BCUT2D eigenvalue weighted by atomic mass is 19.1. The maximum atomic E-state index is 14.9. The molecule has 2 saturated heterocycles. The summed E-state index contributed by atoms with van der Waals surface area (Å²) in [5.41, 5.74) is 3.94. The normalized spacial score (nSPS) is 17.7. The Hall–Kier alpha value is -3.29. The average molecular weight is 534 g/mol. The summed E-state index contributed by atoms with van der Waals surface area (Å²) in [4.78, 5) is 17.5. The van der Waals surface area contributed by atoms with Crippen molar-refractivity contribution in [2.45, 2.75) is 57.8 Å². The Morgan fingerprint density at radius 1 is 0.821 bits per heavy atom. The van der Waals surface area contributed by atoms with Gasteiger partial charge in [0.15, 0.2) is 11.6 Å². The number of halogens is 2. The fourth-order valence-electron chi connectivity index (χ4n) is 5.41. The second kappa shape index (κ2) is 12.7. The summed E-state index contributed by atoms with van der Waals surface area (Å²) in [7, 11) is 0. The highest BCUT2D eigenvalue weighted by Crippen LogP contribution is 2.24. The topological polar surface area (TPSA) is 44.8 Å². The minimum Gasteiger partial charge on any atom is -0.487 e. The van der Waals surface area contributed by atoms with Crippen LogP contribution in [0.15, 0.2) is 66.7 Å². The molecule has 0 radical (unpaired) electrons. The molecule has 0 aliphatic carbocycles. The van der Waals surface area contributed by atoms with Crippen molar-refractivity contribution in [3.05, 3.63) is 101 Å². The van der Waals surface area contributed by atoms with Crippen LogP contribution in [0, 0.1) is 18.6 Å². The van der Waals surface area contributed by atoms with Gasteiger partial charge in [-0.1, -0.05) is 42.0 Å². The quantitative estimate of drug-likeness (QED) is 0.403. The first-order valence-electron chi connectivity index (χ1n) is 13.9. The molecule has 5 nitrogen and oxygen atoms in total. The molecule has 2 aliphatic rings. The second-order valence-electron chi connectivity index (χ2n) is 10.9. The average Bonchev–Trinajstić information content (AvgIpc) is 2.94. The van der Waals surface area contributed by atoms with E-state index in [9.17, 15) is 13.6 Å². The SMILES string of the molecule is Cc1ccc(CN2CCC(Oc3ccc(C(=O)NC4CCN(Cc5ccc(F)cc5)CC4)cc3F)CC2)cc1. The summed E-state index contributed by atoms with van der Waals surface area (Å²) in [6.07, 6.45) is 3.28. The van der Waals surface area contributed by atoms with E-state index in [1.54, 1.807) is 24.3 Å². The number of carbonyl (C=O) groups is 1. The van der Waals surface area contributed by atoms with E-state index < -0.39 is 5.82 Å². The van der Waals surface area contributed by atoms with Crippen LogP contribution >= 0.6 is 0 Å². The third-order valence-electron chi connectivity index (χ3n) is 7.79. The van der Waals surface area contributed by atoms with E-state index in [0.29, 0.717) is 5.56 Å².